The highest BCUT2D eigenvalue weighted by Gasteiger charge is 2.24. The third-order valence-electron chi connectivity index (χ3n) is 4.28. The summed E-state index contributed by atoms with van der Waals surface area (Å²) in [5.41, 5.74) is 9.39. The summed E-state index contributed by atoms with van der Waals surface area (Å²) in [6.07, 6.45) is 4.84. The fourth-order valence-electron chi connectivity index (χ4n) is 2.85. The van der Waals surface area contributed by atoms with Crippen LogP contribution in [0.2, 0.25) is 0 Å². The molecule has 8 nitrogen and oxygen atoms in total. The van der Waals surface area contributed by atoms with Crippen LogP contribution in [0.5, 0.6) is 0 Å². The van der Waals surface area contributed by atoms with Crippen LogP contribution in [0.1, 0.15) is 5.56 Å². The highest BCUT2D eigenvalue weighted by atomic mass is 32.2. The fourth-order valence-corrected chi connectivity index (χ4v) is 4.72. The molecule has 0 amide bonds. The summed E-state index contributed by atoms with van der Waals surface area (Å²) in [5.74, 6) is 0.425. The maximum Gasteiger partial charge on any atom is 0.265 e. The first-order valence-corrected chi connectivity index (χ1v) is 10.2. The Morgan fingerprint density at radius 2 is 2.00 bits per heavy atom. The minimum atomic E-state index is -3.74. The molecular formula is C17H16N6O2S2. The average molecular weight is 400 g/mol. The van der Waals surface area contributed by atoms with Crippen molar-refractivity contribution >= 4 is 43.4 Å². The number of nitrogens with zero attached hydrogens (tertiary/aromatic N) is 4. The summed E-state index contributed by atoms with van der Waals surface area (Å²) in [6, 6.07) is 6.90. The number of rotatable bonds is 4. The molecule has 0 saturated heterocycles. The first kappa shape index (κ1) is 17.4. The Morgan fingerprint density at radius 1 is 1.19 bits per heavy atom. The number of pyridine rings is 1. The van der Waals surface area contributed by atoms with E-state index in [4.69, 9.17) is 5.73 Å². The number of aromatic nitrogens is 4. The zero-order valence-corrected chi connectivity index (χ0v) is 16.2. The number of nitrogen functional groups attached to an aromatic ring is 1. The van der Waals surface area contributed by atoms with Gasteiger partial charge in [-0.15, -0.1) is 0 Å². The van der Waals surface area contributed by atoms with E-state index in [1.54, 1.807) is 24.4 Å². The minimum absolute atomic E-state index is 0.163. The van der Waals surface area contributed by atoms with Crippen LogP contribution in [-0.4, -0.2) is 34.8 Å². The summed E-state index contributed by atoms with van der Waals surface area (Å²) in [7, 11) is -2.28. The number of hydrogen-bond donors (Lipinski definition) is 2. The number of aryl methyl sites for hydroxylation is 1. The maximum atomic E-state index is 12.9. The number of H-pyrrole nitrogens is 1. The van der Waals surface area contributed by atoms with Crippen molar-refractivity contribution in [1.29, 1.82) is 0 Å². The van der Waals surface area contributed by atoms with Gasteiger partial charge in [-0.05, 0) is 30.7 Å². The Hall–Kier alpha value is -2.98. The molecule has 3 aromatic heterocycles. The van der Waals surface area contributed by atoms with Gasteiger partial charge in [0.05, 0.1) is 4.90 Å². The molecule has 3 heterocycles. The van der Waals surface area contributed by atoms with Gasteiger partial charge in [0, 0.05) is 53.0 Å². The topological polar surface area (TPSA) is 118 Å². The van der Waals surface area contributed by atoms with E-state index in [0.29, 0.717) is 16.5 Å². The quantitative estimate of drug-likeness (QED) is 0.544. The van der Waals surface area contributed by atoms with Crippen molar-refractivity contribution < 1.29 is 8.42 Å². The molecule has 0 radical (unpaired) electrons. The number of nitrogens with one attached hydrogen (secondary N) is 1. The van der Waals surface area contributed by atoms with E-state index in [1.807, 2.05) is 19.2 Å². The lowest BCUT2D eigenvalue weighted by atomic mass is 10.0. The second kappa shape index (κ2) is 6.32. The Morgan fingerprint density at radius 3 is 2.74 bits per heavy atom. The Kier molecular flexibility index (Phi) is 4.08. The van der Waals surface area contributed by atoms with Crippen LogP contribution in [0.15, 0.2) is 47.9 Å². The van der Waals surface area contributed by atoms with E-state index in [2.05, 4.69) is 19.3 Å². The van der Waals surface area contributed by atoms with Crippen molar-refractivity contribution in [3.05, 3.63) is 48.5 Å². The summed E-state index contributed by atoms with van der Waals surface area (Å²) in [6.45, 7) is 1.94. The predicted molar refractivity (Wildman–Crippen MR) is 106 cm³/mol. The second-order valence-corrected chi connectivity index (χ2v) is 8.78. The molecule has 138 valence electrons. The molecule has 0 unspecified atom stereocenters. The van der Waals surface area contributed by atoms with Crippen molar-refractivity contribution in [1.82, 2.24) is 19.3 Å². The van der Waals surface area contributed by atoms with Crippen LogP contribution in [0, 0.1) is 6.92 Å². The number of hydrogen-bond acceptors (Lipinski definition) is 7. The molecule has 0 aliphatic heterocycles. The van der Waals surface area contributed by atoms with Crippen LogP contribution in [-0.2, 0) is 10.0 Å². The normalized spacial score (nSPS) is 11.8. The molecule has 4 rings (SSSR count). The molecule has 0 aliphatic rings. The first-order valence-electron chi connectivity index (χ1n) is 7.97. The van der Waals surface area contributed by atoms with Crippen molar-refractivity contribution in [2.75, 3.05) is 17.1 Å². The molecule has 27 heavy (non-hydrogen) atoms. The van der Waals surface area contributed by atoms with E-state index >= 15 is 0 Å². The van der Waals surface area contributed by atoms with Crippen molar-refractivity contribution in [3.8, 4) is 11.1 Å². The van der Waals surface area contributed by atoms with Crippen molar-refractivity contribution in [2.45, 2.75) is 11.8 Å². The summed E-state index contributed by atoms with van der Waals surface area (Å²) in [5, 5.41) is 1.17. The van der Waals surface area contributed by atoms with Crippen molar-refractivity contribution in [2.24, 2.45) is 0 Å². The van der Waals surface area contributed by atoms with Gasteiger partial charge in [0.2, 0.25) is 5.13 Å². The predicted octanol–water partition coefficient (Wildman–Crippen LogP) is 2.80. The lowest BCUT2D eigenvalue weighted by molar-refractivity contribution is 0.594. The number of aromatic amines is 1. The van der Waals surface area contributed by atoms with Gasteiger partial charge >= 0.3 is 0 Å². The minimum Gasteiger partial charge on any atom is -0.383 e. The van der Waals surface area contributed by atoms with Gasteiger partial charge < -0.3 is 10.7 Å². The maximum absolute atomic E-state index is 12.9. The van der Waals surface area contributed by atoms with Crippen LogP contribution in [0.3, 0.4) is 0 Å². The Labute approximate surface area is 159 Å². The molecular weight excluding hydrogens is 384 g/mol. The second-order valence-electron chi connectivity index (χ2n) is 6.05. The number of benzene rings is 1. The summed E-state index contributed by atoms with van der Waals surface area (Å²) < 4.78 is 30.7. The Bertz CT molecular complexity index is 1230. The van der Waals surface area contributed by atoms with Gasteiger partial charge in [0.15, 0.2) is 0 Å². The zero-order chi connectivity index (χ0) is 19.2. The smallest absolute Gasteiger partial charge is 0.265 e. The monoisotopic (exact) mass is 400 g/mol. The highest BCUT2D eigenvalue weighted by molar-refractivity contribution is 7.93. The molecule has 0 atom stereocenters. The molecule has 0 fully saturated rings. The molecule has 3 N–H and O–H groups in total. The van der Waals surface area contributed by atoms with Gasteiger partial charge in [-0.3, -0.25) is 0 Å². The Balaban J connectivity index is 1.80. The third-order valence-corrected chi connectivity index (χ3v) is 6.88. The van der Waals surface area contributed by atoms with Crippen molar-refractivity contribution in [3.63, 3.8) is 0 Å². The van der Waals surface area contributed by atoms with Gasteiger partial charge in [-0.1, -0.05) is 6.07 Å². The fraction of sp³-hybridized carbons (Fsp3) is 0.118. The number of fused-ring (bicyclic) bond motifs is 1. The summed E-state index contributed by atoms with van der Waals surface area (Å²) >= 11 is 1.02. The van der Waals surface area contributed by atoms with E-state index in [9.17, 15) is 8.42 Å². The van der Waals surface area contributed by atoms with Gasteiger partial charge in [-0.2, -0.15) is 4.37 Å². The summed E-state index contributed by atoms with van der Waals surface area (Å²) in [4.78, 5) is 11.4. The van der Waals surface area contributed by atoms with E-state index in [0.717, 1.165) is 37.9 Å². The molecule has 0 spiro atoms. The molecule has 10 heteroatoms. The van der Waals surface area contributed by atoms with Gasteiger partial charge in [0.25, 0.3) is 10.0 Å². The van der Waals surface area contributed by atoms with E-state index < -0.39 is 10.0 Å². The van der Waals surface area contributed by atoms with Crippen LogP contribution < -0.4 is 10.0 Å². The molecule has 0 bridgehead atoms. The number of nitrogens with two attached hydrogens (primary N) is 1. The number of sulfonamides is 1. The molecule has 0 aliphatic carbocycles. The lowest BCUT2D eigenvalue weighted by Gasteiger charge is -2.15. The molecule has 1 aromatic carbocycles. The van der Waals surface area contributed by atoms with Gasteiger partial charge in [-0.25, -0.2) is 22.7 Å². The van der Waals surface area contributed by atoms with Crippen LogP contribution >= 0.6 is 11.5 Å². The standard InChI is InChI=1S/C17H16N6O2S2/c1-10-5-13(16(18)20-7-10)14-8-19-15-6-11(3-4-12(14)15)27(24,25)23(2)17-21-9-22-26-17/h3-9,19H,1-2H3,(H2,18,20). The lowest BCUT2D eigenvalue weighted by Crippen LogP contribution is -2.26. The van der Waals surface area contributed by atoms with E-state index in [-0.39, 0.29) is 4.90 Å². The van der Waals surface area contributed by atoms with Crippen LogP contribution in [0.25, 0.3) is 22.0 Å². The van der Waals surface area contributed by atoms with Gasteiger partial charge in [0.1, 0.15) is 12.1 Å². The molecule has 4 aromatic rings. The number of anilines is 2. The van der Waals surface area contributed by atoms with E-state index in [1.165, 1.54) is 13.4 Å². The average Bonchev–Trinajstić information content (AvgIpc) is 3.32. The first-order chi connectivity index (χ1) is 12.9. The SMILES string of the molecule is Cc1cnc(N)c(-c2c[nH]c3cc(S(=O)(=O)N(C)c4ncns4)ccc23)c1. The molecule has 0 saturated carbocycles. The zero-order valence-electron chi connectivity index (χ0n) is 14.5. The van der Waals surface area contributed by atoms with Crippen LogP contribution in [0.4, 0.5) is 10.9 Å². The third kappa shape index (κ3) is 2.92. The highest BCUT2D eigenvalue weighted by Crippen LogP contribution is 2.33. The largest absolute Gasteiger partial charge is 0.383 e.